The predicted octanol–water partition coefficient (Wildman–Crippen LogP) is -5.59. The molecule has 8 heteroatoms. The third kappa shape index (κ3) is 6.49. The minimum absolute atomic E-state index is 0. The fourth-order valence-corrected chi connectivity index (χ4v) is 1.13. The first kappa shape index (κ1) is 15.4. The molecule has 0 aromatic rings. The van der Waals surface area contributed by atoms with Gasteiger partial charge in [-0.2, -0.15) is 0 Å². The monoisotopic (exact) mass is 206 g/mol. The average Bonchev–Trinajstić information content (AvgIpc) is 2.00. The van der Waals surface area contributed by atoms with Gasteiger partial charge in [0.05, 0.1) is 6.61 Å². The molecular formula is C4H11NaO6Si. The SMILES string of the molecule is CO[Si]([O-])(OC)OCC(O)O.[Na+]. The van der Waals surface area contributed by atoms with E-state index in [0.717, 1.165) is 14.2 Å². The topological polar surface area (TPSA) is 91.2 Å². The summed E-state index contributed by atoms with van der Waals surface area (Å²) in [5, 5.41) is 16.6. The smallest absolute Gasteiger partial charge is 0.793 e. The predicted molar refractivity (Wildman–Crippen MR) is 33.9 cm³/mol. The molecule has 0 saturated carbocycles. The largest absolute Gasteiger partial charge is 1.00 e. The van der Waals surface area contributed by atoms with Crippen LogP contribution >= 0.6 is 0 Å². The Labute approximate surface area is 93.8 Å². The molecule has 0 heterocycles. The van der Waals surface area contributed by atoms with E-state index in [1.54, 1.807) is 0 Å². The zero-order valence-corrected chi connectivity index (χ0v) is 10.3. The Balaban J connectivity index is 0. The molecule has 0 saturated heterocycles. The molecule has 6 nitrogen and oxygen atoms in total. The second-order valence-electron chi connectivity index (χ2n) is 1.70. The van der Waals surface area contributed by atoms with Crippen LogP contribution in [0.3, 0.4) is 0 Å². The van der Waals surface area contributed by atoms with Crippen molar-refractivity contribution in [2.24, 2.45) is 0 Å². The third-order valence-electron chi connectivity index (χ3n) is 0.909. The normalized spacial score (nSPS) is 11.5. The molecule has 0 aliphatic carbocycles. The van der Waals surface area contributed by atoms with Crippen molar-refractivity contribution in [2.75, 3.05) is 20.8 Å². The van der Waals surface area contributed by atoms with Gasteiger partial charge in [0.15, 0.2) is 6.29 Å². The maximum Gasteiger partial charge on any atom is 1.00 e. The Morgan fingerprint density at radius 2 is 1.75 bits per heavy atom. The molecule has 0 unspecified atom stereocenters. The van der Waals surface area contributed by atoms with Gasteiger partial charge in [0, 0.05) is 14.2 Å². The van der Waals surface area contributed by atoms with Gasteiger partial charge in [-0.1, -0.05) is 0 Å². The zero-order chi connectivity index (χ0) is 8.91. The zero-order valence-electron chi connectivity index (χ0n) is 7.31. The maximum atomic E-state index is 11.0. The second-order valence-corrected chi connectivity index (χ2v) is 3.81. The Bertz CT molecular complexity index is 108. The molecule has 12 heavy (non-hydrogen) atoms. The van der Waals surface area contributed by atoms with Crippen LogP contribution in [0.5, 0.6) is 0 Å². The van der Waals surface area contributed by atoms with Crippen molar-refractivity contribution in [3.63, 3.8) is 0 Å². The summed E-state index contributed by atoms with van der Waals surface area (Å²) >= 11 is 0. The van der Waals surface area contributed by atoms with Crippen LogP contribution in [-0.2, 0) is 13.3 Å². The van der Waals surface area contributed by atoms with Gasteiger partial charge < -0.3 is 28.3 Å². The van der Waals surface area contributed by atoms with E-state index in [1.165, 1.54) is 0 Å². The van der Waals surface area contributed by atoms with Gasteiger partial charge >= 0.3 is 38.6 Å². The number of aliphatic hydroxyl groups excluding tert-OH is 1. The molecule has 0 bridgehead atoms. The molecule has 0 amide bonds. The van der Waals surface area contributed by atoms with Crippen molar-refractivity contribution in [3.8, 4) is 0 Å². The summed E-state index contributed by atoms with van der Waals surface area (Å²) < 4.78 is 13.1. The fourth-order valence-electron chi connectivity index (χ4n) is 0.378. The van der Waals surface area contributed by atoms with Crippen LogP contribution in [0.2, 0.25) is 0 Å². The molecule has 0 spiro atoms. The summed E-state index contributed by atoms with van der Waals surface area (Å²) in [4.78, 5) is 11.0. The summed E-state index contributed by atoms with van der Waals surface area (Å²) in [7, 11) is -1.54. The van der Waals surface area contributed by atoms with Gasteiger partial charge in [-0.05, 0) is 0 Å². The molecule has 2 N–H and O–H groups in total. The first-order chi connectivity index (χ1) is 5.04. The third-order valence-corrected chi connectivity index (χ3v) is 2.43. The Hall–Kier alpha value is 0.977. The van der Waals surface area contributed by atoms with E-state index < -0.39 is 21.9 Å². The number of hydrogen-bond acceptors (Lipinski definition) is 6. The van der Waals surface area contributed by atoms with Crippen molar-refractivity contribution < 1.29 is 57.8 Å². The van der Waals surface area contributed by atoms with E-state index in [1.807, 2.05) is 0 Å². The van der Waals surface area contributed by atoms with E-state index >= 15 is 0 Å². The van der Waals surface area contributed by atoms with Crippen molar-refractivity contribution in [2.45, 2.75) is 6.29 Å². The van der Waals surface area contributed by atoms with Crippen molar-refractivity contribution in [1.82, 2.24) is 0 Å². The standard InChI is InChI=1S/C4H11O6Si.Na/c1-8-11(7,9-2)10-3-4(5)6;/h4-6H,3H2,1-2H3;/q-1;+1. The van der Waals surface area contributed by atoms with Crippen molar-refractivity contribution >= 4 is 9.05 Å². The number of aliphatic hydroxyl groups is 2. The Morgan fingerprint density at radius 1 is 1.33 bits per heavy atom. The molecule has 68 valence electrons. The van der Waals surface area contributed by atoms with Crippen LogP contribution in [-0.4, -0.2) is 46.4 Å². The maximum absolute atomic E-state index is 11.0. The van der Waals surface area contributed by atoms with Gasteiger partial charge in [-0.3, -0.25) is 0 Å². The van der Waals surface area contributed by atoms with E-state index in [-0.39, 0.29) is 29.6 Å². The Morgan fingerprint density at radius 3 is 2.00 bits per heavy atom. The molecule has 0 rings (SSSR count). The summed E-state index contributed by atoms with van der Waals surface area (Å²) in [5.74, 6) is 0. The number of rotatable bonds is 5. The quantitative estimate of drug-likeness (QED) is 0.344. The molecule has 0 radical (unpaired) electrons. The molecular weight excluding hydrogens is 195 g/mol. The van der Waals surface area contributed by atoms with Crippen LogP contribution in [0.4, 0.5) is 0 Å². The molecule has 0 fully saturated rings. The fraction of sp³-hybridized carbons (Fsp3) is 1.00. The number of hydrogen-bond donors (Lipinski definition) is 2. The van der Waals surface area contributed by atoms with Gasteiger partial charge in [-0.25, -0.2) is 0 Å². The van der Waals surface area contributed by atoms with Gasteiger partial charge in [-0.15, -0.1) is 0 Å². The first-order valence-corrected chi connectivity index (χ1v) is 4.48. The first-order valence-electron chi connectivity index (χ1n) is 2.85. The van der Waals surface area contributed by atoms with Crippen LogP contribution < -0.4 is 34.4 Å². The summed E-state index contributed by atoms with van der Waals surface area (Å²) in [5.41, 5.74) is 0. The minimum atomic E-state index is -3.83. The van der Waals surface area contributed by atoms with Crippen LogP contribution in [0.25, 0.3) is 0 Å². The van der Waals surface area contributed by atoms with Gasteiger partial charge in [0.2, 0.25) is 0 Å². The van der Waals surface area contributed by atoms with E-state index in [9.17, 15) is 4.80 Å². The van der Waals surface area contributed by atoms with Crippen LogP contribution in [0.1, 0.15) is 0 Å². The summed E-state index contributed by atoms with van der Waals surface area (Å²) in [6.07, 6.45) is -1.68. The molecule has 0 atom stereocenters. The van der Waals surface area contributed by atoms with E-state index in [2.05, 4.69) is 13.3 Å². The summed E-state index contributed by atoms with van der Waals surface area (Å²) in [6, 6.07) is 0. The van der Waals surface area contributed by atoms with E-state index in [4.69, 9.17) is 10.2 Å². The minimum Gasteiger partial charge on any atom is -0.793 e. The van der Waals surface area contributed by atoms with Gasteiger partial charge in [0.1, 0.15) is 0 Å². The van der Waals surface area contributed by atoms with Crippen molar-refractivity contribution in [1.29, 1.82) is 0 Å². The van der Waals surface area contributed by atoms with Crippen LogP contribution in [0, 0.1) is 0 Å². The van der Waals surface area contributed by atoms with E-state index in [0.29, 0.717) is 0 Å². The molecule has 0 aromatic carbocycles. The van der Waals surface area contributed by atoms with Gasteiger partial charge in [0.25, 0.3) is 0 Å². The molecule has 0 aliphatic rings. The Kier molecular flexibility index (Phi) is 9.51. The van der Waals surface area contributed by atoms with Crippen LogP contribution in [0.15, 0.2) is 0 Å². The van der Waals surface area contributed by atoms with Crippen molar-refractivity contribution in [3.05, 3.63) is 0 Å². The molecule has 0 aliphatic heterocycles. The molecule has 0 aromatic heterocycles. The average molecular weight is 206 g/mol. The second kappa shape index (κ2) is 7.39. The summed E-state index contributed by atoms with van der Waals surface area (Å²) in [6.45, 7) is -0.503.